The molecule has 0 aliphatic heterocycles. The summed E-state index contributed by atoms with van der Waals surface area (Å²) < 4.78 is 11.1. The van der Waals surface area contributed by atoms with Gasteiger partial charge in [-0.2, -0.15) is 0 Å². The van der Waals surface area contributed by atoms with E-state index in [0.717, 1.165) is 17.1 Å². The number of hydrogen-bond acceptors (Lipinski definition) is 4. The number of rotatable bonds is 5. The summed E-state index contributed by atoms with van der Waals surface area (Å²) in [4.78, 5) is 8.52. The van der Waals surface area contributed by atoms with E-state index in [1.807, 2.05) is 24.3 Å². The summed E-state index contributed by atoms with van der Waals surface area (Å²) in [6, 6.07) is 7.89. The van der Waals surface area contributed by atoms with E-state index in [1.54, 1.807) is 20.4 Å². The van der Waals surface area contributed by atoms with Gasteiger partial charge in [-0.3, -0.25) is 4.99 Å². The first-order chi connectivity index (χ1) is 11.4. The van der Waals surface area contributed by atoms with E-state index in [-0.39, 0.29) is 5.41 Å². The zero-order valence-electron chi connectivity index (χ0n) is 15.0. The van der Waals surface area contributed by atoms with Crippen LogP contribution in [0.4, 0.5) is 0 Å². The number of nitrogens with zero attached hydrogens (tertiary/aromatic N) is 2. The van der Waals surface area contributed by atoms with Crippen molar-refractivity contribution in [1.82, 2.24) is 15.6 Å². The monoisotopic (exact) mass is 330 g/mol. The van der Waals surface area contributed by atoms with E-state index in [0.29, 0.717) is 24.9 Å². The molecular formula is C18H26N4O2. The van der Waals surface area contributed by atoms with Crippen LogP contribution in [0.2, 0.25) is 0 Å². The van der Waals surface area contributed by atoms with Crippen LogP contribution in [0, 0.1) is 0 Å². The Labute approximate surface area is 143 Å². The van der Waals surface area contributed by atoms with Gasteiger partial charge in [-0.05, 0) is 6.07 Å². The molecule has 0 atom stereocenters. The van der Waals surface area contributed by atoms with Gasteiger partial charge in [0.2, 0.25) is 5.89 Å². The lowest BCUT2D eigenvalue weighted by atomic mass is 9.94. The average Bonchev–Trinajstić information content (AvgIpc) is 3.04. The minimum atomic E-state index is -0.0466. The Bertz CT molecular complexity index is 686. The third-order valence-corrected chi connectivity index (χ3v) is 3.56. The first-order valence-corrected chi connectivity index (χ1v) is 7.95. The molecule has 1 aromatic heterocycles. The van der Waals surface area contributed by atoms with Crippen LogP contribution < -0.4 is 15.4 Å². The van der Waals surface area contributed by atoms with Crippen molar-refractivity contribution < 1.29 is 9.15 Å². The van der Waals surface area contributed by atoms with E-state index in [4.69, 9.17) is 9.15 Å². The molecule has 2 N–H and O–H groups in total. The fourth-order valence-electron chi connectivity index (χ4n) is 2.15. The van der Waals surface area contributed by atoms with Crippen molar-refractivity contribution in [3.63, 3.8) is 0 Å². The topological polar surface area (TPSA) is 71.7 Å². The van der Waals surface area contributed by atoms with E-state index in [1.165, 1.54) is 0 Å². The van der Waals surface area contributed by atoms with Gasteiger partial charge in [0.15, 0.2) is 5.96 Å². The molecule has 1 aromatic carbocycles. The zero-order chi connectivity index (χ0) is 17.6. The molecule has 0 amide bonds. The van der Waals surface area contributed by atoms with Crippen molar-refractivity contribution in [1.29, 1.82) is 0 Å². The van der Waals surface area contributed by atoms with E-state index >= 15 is 0 Å². The summed E-state index contributed by atoms with van der Waals surface area (Å²) in [7, 11) is 3.40. The molecule has 24 heavy (non-hydrogen) atoms. The van der Waals surface area contributed by atoms with Crippen LogP contribution in [0.3, 0.4) is 0 Å². The SMILES string of the molecule is CN=C(NCc1ncc(C(C)(C)C)o1)NCc1ccccc1OC. The first kappa shape index (κ1) is 17.8. The molecule has 0 unspecified atom stereocenters. The lowest BCUT2D eigenvalue weighted by molar-refractivity contribution is 0.379. The number of guanidine groups is 1. The van der Waals surface area contributed by atoms with E-state index < -0.39 is 0 Å². The summed E-state index contributed by atoms with van der Waals surface area (Å²) in [5.41, 5.74) is 1.02. The Kier molecular flexibility index (Phi) is 5.84. The van der Waals surface area contributed by atoms with Gasteiger partial charge in [0.05, 0.1) is 19.9 Å². The Morgan fingerprint density at radius 2 is 1.92 bits per heavy atom. The summed E-state index contributed by atoms with van der Waals surface area (Å²) in [5.74, 6) is 3.04. The first-order valence-electron chi connectivity index (χ1n) is 7.95. The summed E-state index contributed by atoms with van der Waals surface area (Å²) in [6.07, 6.45) is 1.78. The van der Waals surface area contributed by atoms with Crippen molar-refractivity contribution in [3.8, 4) is 5.75 Å². The minimum absolute atomic E-state index is 0.0466. The number of nitrogens with one attached hydrogen (secondary N) is 2. The molecule has 2 aromatic rings. The van der Waals surface area contributed by atoms with Crippen molar-refractivity contribution in [3.05, 3.63) is 47.7 Å². The molecule has 6 nitrogen and oxygen atoms in total. The number of methoxy groups -OCH3 is 1. The van der Waals surface area contributed by atoms with E-state index in [9.17, 15) is 0 Å². The Morgan fingerprint density at radius 1 is 1.21 bits per heavy atom. The van der Waals surface area contributed by atoms with Crippen LogP contribution in [0.15, 0.2) is 39.9 Å². The predicted molar refractivity (Wildman–Crippen MR) is 95.2 cm³/mol. The maximum Gasteiger partial charge on any atom is 0.213 e. The van der Waals surface area contributed by atoms with Crippen molar-refractivity contribution in [2.24, 2.45) is 4.99 Å². The highest BCUT2D eigenvalue weighted by molar-refractivity contribution is 5.79. The normalized spacial score (nSPS) is 12.1. The van der Waals surface area contributed by atoms with Crippen LogP contribution in [-0.2, 0) is 18.5 Å². The highest BCUT2D eigenvalue weighted by Gasteiger charge is 2.19. The molecule has 130 valence electrons. The number of oxazole rings is 1. The molecule has 0 aliphatic rings. The maximum atomic E-state index is 5.77. The van der Waals surface area contributed by atoms with Crippen molar-refractivity contribution in [2.75, 3.05) is 14.2 Å². The van der Waals surface area contributed by atoms with Gasteiger partial charge < -0.3 is 19.8 Å². The maximum absolute atomic E-state index is 5.77. The number of hydrogen-bond donors (Lipinski definition) is 2. The minimum Gasteiger partial charge on any atom is -0.496 e. The van der Waals surface area contributed by atoms with Gasteiger partial charge in [-0.15, -0.1) is 0 Å². The largest absolute Gasteiger partial charge is 0.496 e. The Balaban J connectivity index is 1.90. The molecule has 0 bridgehead atoms. The van der Waals surface area contributed by atoms with E-state index in [2.05, 4.69) is 41.4 Å². The molecule has 0 aliphatic carbocycles. The molecule has 0 saturated heterocycles. The second kappa shape index (κ2) is 7.86. The van der Waals surface area contributed by atoms with Crippen molar-refractivity contribution in [2.45, 2.75) is 39.3 Å². The number of para-hydroxylation sites is 1. The average molecular weight is 330 g/mol. The second-order valence-electron chi connectivity index (χ2n) is 6.46. The van der Waals surface area contributed by atoms with Gasteiger partial charge in [0, 0.05) is 24.6 Å². The molecule has 0 radical (unpaired) electrons. The molecule has 0 fully saturated rings. The second-order valence-corrected chi connectivity index (χ2v) is 6.46. The number of benzene rings is 1. The molecule has 2 rings (SSSR count). The van der Waals surface area contributed by atoms with Crippen LogP contribution in [0.25, 0.3) is 0 Å². The molecule has 0 spiro atoms. The quantitative estimate of drug-likeness (QED) is 0.651. The lowest BCUT2D eigenvalue weighted by Crippen LogP contribution is -2.36. The summed E-state index contributed by atoms with van der Waals surface area (Å²) in [5, 5.41) is 6.46. The molecular weight excluding hydrogens is 304 g/mol. The summed E-state index contributed by atoms with van der Waals surface area (Å²) in [6.45, 7) is 7.37. The van der Waals surface area contributed by atoms with Gasteiger partial charge in [-0.1, -0.05) is 39.0 Å². The standard InChI is InChI=1S/C18H26N4O2/c1-18(2,3)15-11-20-16(24-15)12-22-17(19-4)21-10-13-8-6-7-9-14(13)23-5/h6-9,11H,10,12H2,1-5H3,(H2,19,21,22). The van der Waals surface area contributed by atoms with Gasteiger partial charge in [-0.25, -0.2) is 4.98 Å². The van der Waals surface area contributed by atoms with Gasteiger partial charge in [0.25, 0.3) is 0 Å². The fourth-order valence-corrected chi connectivity index (χ4v) is 2.15. The third kappa shape index (κ3) is 4.75. The third-order valence-electron chi connectivity index (χ3n) is 3.56. The molecule has 0 saturated carbocycles. The van der Waals surface area contributed by atoms with Gasteiger partial charge >= 0.3 is 0 Å². The fraction of sp³-hybridized carbons (Fsp3) is 0.444. The highest BCUT2D eigenvalue weighted by atomic mass is 16.5. The predicted octanol–water partition coefficient (Wildman–Crippen LogP) is 2.85. The number of aliphatic imine (C=N–C) groups is 1. The van der Waals surface area contributed by atoms with Crippen LogP contribution in [-0.4, -0.2) is 25.1 Å². The van der Waals surface area contributed by atoms with Crippen LogP contribution >= 0.6 is 0 Å². The lowest BCUT2D eigenvalue weighted by Gasteiger charge is -2.14. The Hall–Kier alpha value is -2.50. The molecule has 1 heterocycles. The molecule has 6 heteroatoms. The van der Waals surface area contributed by atoms with Crippen molar-refractivity contribution >= 4 is 5.96 Å². The summed E-state index contributed by atoms with van der Waals surface area (Å²) >= 11 is 0. The highest BCUT2D eigenvalue weighted by Crippen LogP contribution is 2.22. The van der Waals surface area contributed by atoms with Crippen LogP contribution in [0.5, 0.6) is 5.75 Å². The number of ether oxygens (including phenoxy) is 1. The van der Waals surface area contributed by atoms with Crippen LogP contribution in [0.1, 0.15) is 38.0 Å². The Morgan fingerprint density at radius 3 is 2.54 bits per heavy atom. The number of aromatic nitrogens is 1. The smallest absolute Gasteiger partial charge is 0.213 e. The van der Waals surface area contributed by atoms with Gasteiger partial charge in [0.1, 0.15) is 11.5 Å². The zero-order valence-corrected chi connectivity index (χ0v) is 15.0.